The number of nitrogens with zero attached hydrogens (tertiary/aromatic N) is 1. The first-order valence-corrected chi connectivity index (χ1v) is 7.24. The predicted molar refractivity (Wildman–Crippen MR) is 79.7 cm³/mol. The SMILES string of the molecule is Cc1ccc(C2CNCCN2C(=O)OC(C)(C)C)cc1F. The lowest BCUT2D eigenvalue weighted by molar-refractivity contribution is 0.0117. The minimum absolute atomic E-state index is 0.205. The molecule has 21 heavy (non-hydrogen) atoms. The molecule has 1 saturated heterocycles. The molecular formula is C16H23FN2O2. The van der Waals surface area contributed by atoms with Crippen LogP contribution in [-0.2, 0) is 4.74 Å². The first kappa shape index (κ1) is 15.8. The van der Waals surface area contributed by atoms with E-state index in [0.717, 1.165) is 5.56 Å². The van der Waals surface area contributed by atoms with Crippen LogP contribution in [0.1, 0.15) is 37.9 Å². The van der Waals surface area contributed by atoms with E-state index in [0.29, 0.717) is 25.2 Å². The van der Waals surface area contributed by atoms with Crippen molar-refractivity contribution >= 4 is 6.09 Å². The summed E-state index contributed by atoms with van der Waals surface area (Å²) in [5, 5.41) is 3.24. The molecule has 1 aromatic rings. The molecule has 1 aliphatic rings. The summed E-state index contributed by atoms with van der Waals surface area (Å²) in [4.78, 5) is 14.0. The molecule has 1 heterocycles. The van der Waals surface area contributed by atoms with E-state index in [2.05, 4.69) is 5.32 Å². The van der Waals surface area contributed by atoms with E-state index < -0.39 is 5.60 Å². The Bertz CT molecular complexity index is 525. The van der Waals surface area contributed by atoms with Crippen molar-refractivity contribution < 1.29 is 13.9 Å². The van der Waals surface area contributed by atoms with Crippen LogP contribution in [0.5, 0.6) is 0 Å². The number of amides is 1. The summed E-state index contributed by atoms with van der Waals surface area (Å²) < 4.78 is 19.2. The summed E-state index contributed by atoms with van der Waals surface area (Å²) in [6.45, 7) is 9.11. The summed E-state index contributed by atoms with van der Waals surface area (Å²) in [5.41, 5.74) is 0.855. The molecule has 116 valence electrons. The maximum atomic E-state index is 13.8. The van der Waals surface area contributed by atoms with Crippen molar-refractivity contribution in [1.82, 2.24) is 10.2 Å². The topological polar surface area (TPSA) is 41.6 Å². The zero-order valence-corrected chi connectivity index (χ0v) is 13.1. The third kappa shape index (κ3) is 3.94. The number of halogens is 1. The second-order valence-corrected chi connectivity index (χ2v) is 6.40. The highest BCUT2D eigenvalue weighted by Gasteiger charge is 2.31. The Kier molecular flexibility index (Phi) is 4.52. The largest absolute Gasteiger partial charge is 0.444 e. The quantitative estimate of drug-likeness (QED) is 0.865. The smallest absolute Gasteiger partial charge is 0.410 e. The standard InChI is InChI=1S/C16H23FN2O2/c1-11-5-6-12(9-13(11)17)14-10-18-7-8-19(14)15(20)21-16(2,3)4/h5-6,9,14,18H,7-8,10H2,1-4H3. The van der Waals surface area contributed by atoms with Gasteiger partial charge in [0.25, 0.3) is 0 Å². The van der Waals surface area contributed by atoms with Gasteiger partial charge in [0.15, 0.2) is 0 Å². The van der Waals surface area contributed by atoms with Crippen LogP contribution in [0.15, 0.2) is 18.2 Å². The molecule has 0 radical (unpaired) electrons. The second-order valence-electron chi connectivity index (χ2n) is 6.40. The number of hydrogen-bond acceptors (Lipinski definition) is 3. The predicted octanol–water partition coefficient (Wildman–Crippen LogP) is 3.02. The van der Waals surface area contributed by atoms with E-state index >= 15 is 0 Å². The minimum Gasteiger partial charge on any atom is -0.444 e. The van der Waals surface area contributed by atoms with Crippen molar-refractivity contribution in [3.05, 3.63) is 35.1 Å². The average Bonchev–Trinajstić information content (AvgIpc) is 2.40. The van der Waals surface area contributed by atoms with E-state index in [-0.39, 0.29) is 18.0 Å². The number of carbonyl (C=O) groups excluding carboxylic acids is 1. The molecule has 4 nitrogen and oxygen atoms in total. The highest BCUT2D eigenvalue weighted by Crippen LogP contribution is 2.25. The van der Waals surface area contributed by atoms with E-state index in [1.54, 1.807) is 17.9 Å². The molecule has 1 aromatic carbocycles. The maximum Gasteiger partial charge on any atom is 0.410 e. The lowest BCUT2D eigenvalue weighted by Crippen LogP contribution is -2.50. The maximum absolute atomic E-state index is 13.8. The molecule has 1 unspecified atom stereocenters. The third-order valence-electron chi connectivity index (χ3n) is 3.45. The molecule has 1 fully saturated rings. The monoisotopic (exact) mass is 294 g/mol. The summed E-state index contributed by atoms with van der Waals surface area (Å²) in [6, 6.07) is 4.91. The molecule has 0 bridgehead atoms. The minimum atomic E-state index is -0.537. The fourth-order valence-corrected chi connectivity index (χ4v) is 2.36. The van der Waals surface area contributed by atoms with Crippen LogP contribution < -0.4 is 5.32 Å². The first-order valence-electron chi connectivity index (χ1n) is 7.24. The molecule has 1 amide bonds. The van der Waals surface area contributed by atoms with Crippen LogP contribution >= 0.6 is 0 Å². The van der Waals surface area contributed by atoms with Gasteiger partial charge in [0, 0.05) is 19.6 Å². The van der Waals surface area contributed by atoms with Crippen LogP contribution in [0, 0.1) is 12.7 Å². The molecule has 1 N–H and O–H groups in total. The molecule has 5 heteroatoms. The summed E-state index contributed by atoms with van der Waals surface area (Å²) >= 11 is 0. The summed E-state index contributed by atoms with van der Waals surface area (Å²) in [6.07, 6.45) is -0.352. The Morgan fingerprint density at radius 2 is 2.14 bits per heavy atom. The Balaban J connectivity index is 2.22. The average molecular weight is 294 g/mol. The van der Waals surface area contributed by atoms with Gasteiger partial charge in [-0.2, -0.15) is 0 Å². The van der Waals surface area contributed by atoms with Gasteiger partial charge in [-0.05, 0) is 44.9 Å². The molecular weight excluding hydrogens is 271 g/mol. The van der Waals surface area contributed by atoms with Crippen LogP contribution in [0.25, 0.3) is 0 Å². The fourth-order valence-electron chi connectivity index (χ4n) is 2.36. The van der Waals surface area contributed by atoms with Crippen molar-refractivity contribution in [1.29, 1.82) is 0 Å². The number of benzene rings is 1. The molecule has 1 aliphatic heterocycles. The normalized spacial score (nSPS) is 19.5. The highest BCUT2D eigenvalue weighted by molar-refractivity contribution is 5.69. The lowest BCUT2D eigenvalue weighted by Gasteiger charge is -2.37. The molecule has 0 aromatic heterocycles. The summed E-state index contributed by atoms with van der Waals surface area (Å²) in [7, 11) is 0. The number of aryl methyl sites for hydroxylation is 1. The number of rotatable bonds is 1. The number of nitrogens with one attached hydrogen (secondary N) is 1. The Hall–Kier alpha value is -1.62. The number of ether oxygens (including phenoxy) is 1. The van der Waals surface area contributed by atoms with Gasteiger partial charge in [0.2, 0.25) is 0 Å². The van der Waals surface area contributed by atoms with E-state index in [9.17, 15) is 9.18 Å². The first-order chi connectivity index (χ1) is 9.78. The molecule has 0 saturated carbocycles. The van der Waals surface area contributed by atoms with Gasteiger partial charge < -0.3 is 10.1 Å². The fraction of sp³-hybridized carbons (Fsp3) is 0.562. The van der Waals surface area contributed by atoms with Crippen molar-refractivity contribution in [2.24, 2.45) is 0 Å². The zero-order valence-electron chi connectivity index (χ0n) is 13.1. The van der Waals surface area contributed by atoms with Crippen molar-refractivity contribution in [3.8, 4) is 0 Å². The van der Waals surface area contributed by atoms with Gasteiger partial charge in [0.1, 0.15) is 11.4 Å². The summed E-state index contributed by atoms with van der Waals surface area (Å²) in [5.74, 6) is -0.248. The van der Waals surface area contributed by atoms with Crippen molar-refractivity contribution in [2.75, 3.05) is 19.6 Å². The van der Waals surface area contributed by atoms with Gasteiger partial charge in [-0.15, -0.1) is 0 Å². The Labute approximate surface area is 125 Å². The van der Waals surface area contributed by atoms with Gasteiger partial charge in [-0.3, -0.25) is 4.90 Å². The molecule has 2 rings (SSSR count). The van der Waals surface area contributed by atoms with Gasteiger partial charge in [-0.25, -0.2) is 9.18 Å². The molecule has 1 atom stereocenters. The van der Waals surface area contributed by atoms with Gasteiger partial charge in [-0.1, -0.05) is 12.1 Å². The third-order valence-corrected chi connectivity index (χ3v) is 3.45. The van der Waals surface area contributed by atoms with Crippen molar-refractivity contribution in [2.45, 2.75) is 39.3 Å². The van der Waals surface area contributed by atoms with Crippen LogP contribution in [0.4, 0.5) is 9.18 Å². The number of carbonyl (C=O) groups is 1. The zero-order chi connectivity index (χ0) is 15.6. The second kappa shape index (κ2) is 6.02. The highest BCUT2D eigenvalue weighted by atomic mass is 19.1. The number of hydrogen-bond donors (Lipinski definition) is 1. The Morgan fingerprint density at radius 3 is 2.76 bits per heavy atom. The van der Waals surface area contributed by atoms with E-state index in [1.165, 1.54) is 6.07 Å². The van der Waals surface area contributed by atoms with Gasteiger partial charge in [0.05, 0.1) is 6.04 Å². The molecule has 0 aliphatic carbocycles. The van der Waals surface area contributed by atoms with E-state index in [1.807, 2.05) is 26.8 Å². The van der Waals surface area contributed by atoms with Gasteiger partial charge >= 0.3 is 6.09 Å². The lowest BCUT2D eigenvalue weighted by atomic mass is 10.0. The van der Waals surface area contributed by atoms with Crippen LogP contribution in [-0.4, -0.2) is 36.2 Å². The van der Waals surface area contributed by atoms with Crippen molar-refractivity contribution in [3.63, 3.8) is 0 Å². The van der Waals surface area contributed by atoms with Crippen LogP contribution in [0.3, 0.4) is 0 Å². The molecule has 0 spiro atoms. The Morgan fingerprint density at radius 1 is 1.43 bits per heavy atom. The van der Waals surface area contributed by atoms with Crippen LogP contribution in [0.2, 0.25) is 0 Å². The number of piperazine rings is 1. The van der Waals surface area contributed by atoms with E-state index in [4.69, 9.17) is 4.74 Å².